The Bertz CT molecular complexity index is 821. The normalized spacial score (nSPS) is 15.0. The van der Waals surface area contributed by atoms with Crippen molar-refractivity contribution in [2.75, 3.05) is 13.2 Å². The molecular formula is C17H19N4O4S+. The van der Waals surface area contributed by atoms with Gasteiger partial charge in [-0.1, -0.05) is 41.7 Å². The minimum Gasteiger partial charge on any atom is -0.449 e. The van der Waals surface area contributed by atoms with Gasteiger partial charge in [0.05, 0.1) is 13.2 Å². The Labute approximate surface area is 154 Å². The van der Waals surface area contributed by atoms with E-state index in [2.05, 4.69) is 10.4 Å². The van der Waals surface area contributed by atoms with Crippen LogP contribution in [0.2, 0.25) is 0 Å². The highest BCUT2D eigenvalue weighted by Crippen LogP contribution is 2.29. The third-order valence-corrected chi connectivity index (χ3v) is 4.38. The van der Waals surface area contributed by atoms with E-state index in [1.54, 1.807) is 18.4 Å². The topological polar surface area (TPSA) is 84.1 Å². The zero-order chi connectivity index (χ0) is 18.5. The maximum absolute atomic E-state index is 12.5. The van der Waals surface area contributed by atoms with Gasteiger partial charge in [0.2, 0.25) is 5.71 Å². The number of aromatic nitrogens is 1. The molecule has 26 heavy (non-hydrogen) atoms. The molecule has 1 aliphatic heterocycles. The second-order valence-electron chi connectivity index (χ2n) is 5.23. The Morgan fingerprint density at radius 3 is 2.65 bits per heavy atom. The lowest BCUT2D eigenvalue weighted by molar-refractivity contribution is -0.704. The number of hydrogen-bond donors (Lipinski definition) is 1. The van der Waals surface area contributed by atoms with Crippen LogP contribution in [0.5, 0.6) is 0 Å². The molecular weight excluding hydrogens is 356 g/mol. The number of thiazole rings is 1. The van der Waals surface area contributed by atoms with Gasteiger partial charge in [0.1, 0.15) is 6.20 Å². The molecule has 0 saturated heterocycles. The molecule has 0 bridgehead atoms. The van der Waals surface area contributed by atoms with Crippen molar-refractivity contribution in [1.82, 2.24) is 10.4 Å². The number of hydrogen-bond acceptors (Lipinski definition) is 6. The summed E-state index contributed by atoms with van der Waals surface area (Å²) in [7, 11) is 0. The highest BCUT2D eigenvalue weighted by molar-refractivity contribution is 7.13. The molecule has 1 aliphatic rings. The minimum atomic E-state index is -0.739. The van der Waals surface area contributed by atoms with Crippen LogP contribution in [0.3, 0.4) is 0 Å². The van der Waals surface area contributed by atoms with E-state index in [0.717, 1.165) is 10.6 Å². The molecule has 3 rings (SSSR count). The number of nitrogens with one attached hydrogen (secondary N) is 1. The summed E-state index contributed by atoms with van der Waals surface area (Å²) in [6.07, 6.45) is -0.302. The van der Waals surface area contributed by atoms with Crippen molar-refractivity contribution in [3.05, 3.63) is 47.5 Å². The van der Waals surface area contributed by atoms with Crippen LogP contribution in [0.4, 0.5) is 14.7 Å². The zero-order valence-corrected chi connectivity index (χ0v) is 15.2. The number of carbonyl (C=O) groups is 2. The number of amides is 2. The van der Waals surface area contributed by atoms with Crippen LogP contribution >= 0.6 is 11.3 Å². The van der Waals surface area contributed by atoms with Gasteiger partial charge in [-0.2, -0.15) is 9.58 Å². The van der Waals surface area contributed by atoms with Crippen LogP contribution in [-0.4, -0.2) is 36.1 Å². The lowest BCUT2D eigenvalue weighted by Gasteiger charge is -2.25. The molecule has 1 aromatic heterocycles. The van der Waals surface area contributed by atoms with Crippen LogP contribution in [0.25, 0.3) is 0 Å². The van der Waals surface area contributed by atoms with E-state index in [-0.39, 0.29) is 13.2 Å². The van der Waals surface area contributed by atoms with E-state index >= 15 is 0 Å². The smallest absolute Gasteiger partial charge is 0.432 e. The summed E-state index contributed by atoms with van der Waals surface area (Å²) in [5, 5.41) is 3.69. The number of aliphatic imine (C=N–C) groups is 1. The van der Waals surface area contributed by atoms with Crippen molar-refractivity contribution >= 4 is 34.4 Å². The highest BCUT2D eigenvalue weighted by atomic mass is 32.1. The Hall–Kier alpha value is -2.94. The van der Waals surface area contributed by atoms with E-state index in [4.69, 9.17) is 9.47 Å². The molecule has 0 spiro atoms. The molecule has 0 fully saturated rings. The fourth-order valence-corrected chi connectivity index (χ4v) is 3.32. The average molecular weight is 375 g/mol. The second kappa shape index (κ2) is 7.96. The van der Waals surface area contributed by atoms with Crippen molar-refractivity contribution in [3.8, 4) is 0 Å². The van der Waals surface area contributed by atoms with E-state index in [0.29, 0.717) is 10.8 Å². The maximum atomic E-state index is 12.5. The van der Waals surface area contributed by atoms with Gasteiger partial charge in [-0.3, -0.25) is 0 Å². The largest absolute Gasteiger partial charge is 0.449 e. The maximum Gasteiger partial charge on any atom is 0.432 e. The fourth-order valence-electron chi connectivity index (χ4n) is 2.57. The van der Waals surface area contributed by atoms with Gasteiger partial charge in [-0.15, -0.1) is 0 Å². The summed E-state index contributed by atoms with van der Waals surface area (Å²) in [6, 6.07) is 9.48. The summed E-state index contributed by atoms with van der Waals surface area (Å²) < 4.78 is 11.8. The third-order valence-electron chi connectivity index (χ3n) is 3.61. The first-order valence-corrected chi connectivity index (χ1v) is 9.05. The summed E-state index contributed by atoms with van der Waals surface area (Å²) in [6.45, 7) is 3.74. The monoisotopic (exact) mass is 375 g/mol. The molecule has 8 nitrogen and oxygen atoms in total. The van der Waals surface area contributed by atoms with E-state index < -0.39 is 18.4 Å². The van der Waals surface area contributed by atoms with Gasteiger partial charge in [0, 0.05) is 10.9 Å². The van der Waals surface area contributed by atoms with Gasteiger partial charge in [-0.05, 0) is 18.8 Å². The molecule has 9 heteroatoms. The predicted molar refractivity (Wildman–Crippen MR) is 95.2 cm³/mol. The molecule has 136 valence electrons. The van der Waals surface area contributed by atoms with Gasteiger partial charge in [0.25, 0.3) is 6.17 Å². The number of ether oxygens (including phenoxy) is 2. The number of carbonyl (C=O) groups excluding carboxylic acids is 2. The third kappa shape index (κ3) is 3.52. The SMILES string of the molecule is CCOC(=O)NN(C(=O)OCC)C1C(c2ccccc2)=Nc2scc[n+]21. The number of benzene rings is 1. The number of nitrogens with zero attached hydrogens (tertiary/aromatic N) is 3. The van der Waals surface area contributed by atoms with E-state index in [1.807, 2.05) is 41.9 Å². The minimum absolute atomic E-state index is 0.172. The number of hydrazine groups is 1. The van der Waals surface area contributed by atoms with Gasteiger partial charge < -0.3 is 9.47 Å². The fraction of sp³-hybridized carbons (Fsp3) is 0.294. The first kappa shape index (κ1) is 17.9. The van der Waals surface area contributed by atoms with Crippen molar-refractivity contribution in [1.29, 1.82) is 0 Å². The van der Waals surface area contributed by atoms with Crippen LogP contribution in [-0.2, 0) is 9.47 Å². The van der Waals surface area contributed by atoms with Crippen molar-refractivity contribution in [2.45, 2.75) is 20.0 Å². The predicted octanol–water partition coefficient (Wildman–Crippen LogP) is 2.79. The Morgan fingerprint density at radius 1 is 1.23 bits per heavy atom. The van der Waals surface area contributed by atoms with Crippen LogP contribution < -0.4 is 9.99 Å². The molecule has 0 aliphatic carbocycles. The zero-order valence-electron chi connectivity index (χ0n) is 14.4. The first-order chi connectivity index (χ1) is 12.7. The quantitative estimate of drug-likeness (QED) is 0.658. The van der Waals surface area contributed by atoms with E-state index in [9.17, 15) is 9.59 Å². The summed E-state index contributed by atoms with van der Waals surface area (Å²) in [4.78, 5) is 29.2. The lowest BCUT2D eigenvalue weighted by Crippen LogP contribution is -2.59. The highest BCUT2D eigenvalue weighted by Gasteiger charge is 2.45. The van der Waals surface area contributed by atoms with Gasteiger partial charge >= 0.3 is 17.3 Å². The molecule has 1 unspecified atom stereocenters. The molecule has 1 aromatic carbocycles. The Kier molecular flexibility index (Phi) is 5.47. The van der Waals surface area contributed by atoms with Crippen molar-refractivity contribution < 1.29 is 23.6 Å². The number of fused-ring (bicyclic) bond motifs is 1. The van der Waals surface area contributed by atoms with Gasteiger partial charge in [0.15, 0.2) is 0 Å². The van der Waals surface area contributed by atoms with Crippen LogP contribution in [0, 0.1) is 0 Å². The molecule has 2 aromatic rings. The number of rotatable bonds is 4. The van der Waals surface area contributed by atoms with Crippen molar-refractivity contribution in [3.63, 3.8) is 0 Å². The molecule has 2 amide bonds. The van der Waals surface area contributed by atoms with E-state index in [1.165, 1.54) is 11.3 Å². The Morgan fingerprint density at radius 2 is 1.96 bits per heavy atom. The summed E-state index contributed by atoms with van der Waals surface area (Å²) in [5.41, 5.74) is 3.94. The summed E-state index contributed by atoms with van der Waals surface area (Å²) in [5.74, 6) is 0. The first-order valence-electron chi connectivity index (χ1n) is 8.17. The molecule has 2 heterocycles. The average Bonchev–Trinajstić information content (AvgIpc) is 3.22. The standard InChI is InChI=1S/C17H18N4O4S/c1-3-24-16(22)19-21(17(23)25-4-2)14-13(12-8-6-5-7-9-12)18-15-20(14)10-11-26-15/h5-11,14H,3-4H2,1-2H3/p+1. The molecule has 0 radical (unpaired) electrons. The molecule has 0 saturated carbocycles. The summed E-state index contributed by atoms with van der Waals surface area (Å²) >= 11 is 1.44. The Balaban J connectivity index is 2.00. The van der Waals surface area contributed by atoms with Crippen LogP contribution in [0.15, 0.2) is 46.9 Å². The lowest BCUT2D eigenvalue weighted by atomic mass is 10.1. The second-order valence-corrected chi connectivity index (χ2v) is 6.10. The molecule has 1 N–H and O–H groups in total. The van der Waals surface area contributed by atoms with Gasteiger partial charge in [-0.25, -0.2) is 15.0 Å². The molecule has 1 atom stereocenters. The van der Waals surface area contributed by atoms with Crippen molar-refractivity contribution in [2.24, 2.45) is 4.99 Å². The van der Waals surface area contributed by atoms with Crippen LogP contribution in [0.1, 0.15) is 25.6 Å².